The molecule has 1 N–H and O–H groups in total. The second-order valence-corrected chi connectivity index (χ2v) is 7.11. The molecule has 0 saturated carbocycles. The van der Waals surface area contributed by atoms with Crippen LogP contribution < -0.4 is 5.56 Å². The third-order valence-corrected chi connectivity index (χ3v) is 5.10. The molecule has 0 fully saturated rings. The zero-order valence-electron chi connectivity index (χ0n) is 17.1. The van der Waals surface area contributed by atoms with Gasteiger partial charge in [-0.1, -0.05) is 13.0 Å². The third-order valence-electron chi connectivity index (χ3n) is 5.10. The predicted molar refractivity (Wildman–Crippen MR) is 112 cm³/mol. The minimum absolute atomic E-state index is 0.0874. The Morgan fingerprint density at radius 3 is 2.87 bits per heavy atom. The number of esters is 1. The number of hydrogen-bond donors (Lipinski definition) is 1. The molecule has 3 aromatic heterocycles. The lowest BCUT2D eigenvalue weighted by molar-refractivity contribution is -0.150. The minimum atomic E-state index is -0.750. The monoisotopic (exact) mass is 424 g/mol. The average Bonchev–Trinajstić information content (AvgIpc) is 2.78. The first-order valence-corrected chi connectivity index (χ1v) is 9.81. The fraction of sp³-hybridized carbons (Fsp3) is 0.273. The molecule has 9 heteroatoms. The number of fused-ring (bicyclic) bond motifs is 1. The van der Waals surface area contributed by atoms with E-state index in [0.717, 1.165) is 11.1 Å². The Bertz CT molecular complexity index is 1240. The quantitative estimate of drug-likeness (QED) is 0.497. The number of pyridine rings is 3. The zero-order valence-corrected chi connectivity index (χ0v) is 17.1. The summed E-state index contributed by atoms with van der Waals surface area (Å²) in [7, 11) is 1.22. The van der Waals surface area contributed by atoms with E-state index in [1.54, 1.807) is 17.3 Å². The SMILES string of the molecule is CCc1cc2ncc(CN3CC=C(c4ccc(C(=O)OC)nc4F)CO3)cc2[nH]c1=O. The van der Waals surface area contributed by atoms with E-state index in [9.17, 15) is 14.0 Å². The topological polar surface area (TPSA) is 97.4 Å². The summed E-state index contributed by atoms with van der Waals surface area (Å²) in [4.78, 5) is 40.3. The molecule has 0 bridgehead atoms. The van der Waals surface area contributed by atoms with Crippen molar-refractivity contribution in [1.82, 2.24) is 20.0 Å². The Balaban J connectivity index is 1.47. The molecule has 0 aliphatic carbocycles. The maximum Gasteiger partial charge on any atom is 0.356 e. The van der Waals surface area contributed by atoms with Crippen molar-refractivity contribution in [2.75, 3.05) is 20.3 Å². The summed E-state index contributed by atoms with van der Waals surface area (Å²) in [5.41, 5.74) is 3.72. The van der Waals surface area contributed by atoms with Crippen LogP contribution in [0.5, 0.6) is 0 Å². The lowest BCUT2D eigenvalue weighted by Crippen LogP contribution is -2.28. The average molecular weight is 424 g/mol. The molecule has 31 heavy (non-hydrogen) atoms. The van der Waals surface area contributed by atoms with Gasteiger partial charge in [0.2, 0.25) is 5.95 Å². The molecule has 0 spiro atoms. The first-order valence-electron chi connectivity index (χ1n) is 9.81. The number of nitrogens with one attached hydrogen (secondary N) is 1. The first-order chi connectivity index (χ1) is 15.0. The highest BCUT2D eigenvalue weighted by molar-refractivity contribution is 5.87. The molecule has 8 nitrogen and oxygen atoms in total. The van der Waals surface area contributed by atoms with Gasteiger partial charge in [-0.3, -0.25) is 14.6 Å². The molecule has 0 unspecified atom stereocenters. The number of carbonyl (C=O) groups excluding carboxylic acids is 1. The van der Waals surface area contributed by atoms with Crippen molar-refractivity contribution in [3.8, 4) is 0 Å². The number of halogens is 1. The number of hydrogen-bond acceptors (Lipinski definition) is 7. The van der Waals surface area contributed by atoms with Gasteiger partial charge in [-0.15, -0.1) is 0 Å². The molecule has 1 aliphatic rings. The lowest BCUT2D eigenvalue weighted by Gasteiger charge is -2.26. The smallest absolute Gasteiger partial charge is 0.356 e. The van der Waals surface area contributed by atoms with Crippen molar-refractivity contribution in [2.45, 2.75) is 19.9 Å². The number of aromatic amines is 1. The van der Waals surface area contributed by atoms with Crippen molar-refractivity contribution in [2.24, 2.45) is 0 Å². The van der Waals surface area contributed by atoms with Crippen molar-refractivity contribution >= 4 is 22.6 Å². The lowest BCUT2D eigenvalue weighted by atomic mass is 10.1. The number of rotatable bonds is 5. The molecule has 3 aromatic rings. The fourth-order valence-corrected chi connectivity index (χ4v) is 3.39. The van der Waals surface area contributed by atoms with E-state index in [4.69, 9.17) is 4.84 Å². The number of ether oxygens (including phenoxy) is 1. The van der Waals surface area contributed by atoms with Gasteiger partial charge < -0.3 is 9.72 Å². The van der Waals surface area contributed by atoms with E-state index >= 15 is 0 Å². The number of nitrogens with zero attached hydrogens (tertiary/aromatic N) is 3. The summed E-state index contributed by atoms with van der Waals surface area (Å²) < 4.78 is 18.9. The normalized spacial score (nSPS) is 14.5. The standard InChI is InChI=1S/C22H21FN4O4/c1-3-14-9-18-19(26-21(14)28)8-13(10-24-18)11-27-7-6-15(12-31-27)16-4-5-17(22(29)30-2)25-20(16)23/h4-6,8-10H,3,7,11-12H2,1-2H3,(H,26,28). The van der Waals surface area contributed by atoms with Gasteiger partial charge in [0.05, 0.1) is 31.3 Å². The van der Waals surface area contributed by atoms with Crippen LogP contribution in [0.3, 0.4) is 0 Å². The second-order valence-electron chi connectivity index (χ2n) is 7.11. The van der Waals surface area contributed by atoms with Crippen molar-refractivity contribution in [3.05, 3.63) is 75.2 Å². The molecular weight excluding hydrogens is 403 g/mol. The van der Waals surface area contributed by atoms with Gasteiger partial charge in [-0.2, -0.15) is 9.45 Å². The van der Waals surface area contributed by atoms with E-state index in [1.165, 1.54) is 19.2 Å². The maximum absolute atomic E-state index is 14.3. The van der Waals surface area contributed by atoms with Crippen LogP contribution in [-0.4, -0.2) is 46.2 Å². The summed E-state index contributed by atoms with van der Waals surface area (Å²) in [6.45, 7) is 2.96. The van der Waals surface area contributed by atoms with Crippen molar-refractivity contribution < 1.29 is 18.8 Å². The van der Waals surface area contributed by atoms with E-state index in [1.807, 2.05) is 19.1 Å². The molecule has 0 amide bonds. The van der Waals surface area contributed by atoms with Gasteiger partial charge in [-0.05, 0) is 41.8 Å². The largest absolute Gasteiger partial charge is 0.464 e. The molecule has 1 aliphatic heterocycles. The highest BCUT2D eigenvalue weighted by atomic mass is 19.1. The second kappa shape index (κ2) is 8.75. The van der Waals surface area contributed by atoms with Crippen LogP contribution in [0.25, 0.3) is 16.6 Å². The van der Waals surface area contributed by atoms with E-state index in [0.29, 0.717) is 36.2 Å². The number of hydroxylamine groups is 2. The number of aromatic nitrogens is 3. The summed E-state index contributed by atoms with van der Waals surface area (Å²) in [5.74, 6) is -1.44. The number of carbonyl (C=O) groups is 1. The van der Waals surface area contributed by atoms with Crippen molar-refractivity contribution in [1.29, 1.82) is 0 Å². The number of methoxy groups -OCH3 is 1. The molecular formula is C22H21FN4O4. The molecule has 4 rings (SSSR count). The van der Waals surface area contributed by atoms with Gasteiger partial charge in [0.15, 0.2) is 5.69 Å². The van der Waals surface area contributed by atoms with Crippen LogP contribution in [-0.2, 0) is 22.5 Å². The minimum Gasteiger partial charge on any atom is -0.464 e. The third kappa shape index (κ3) is 4.37. The Kier molecular flexibility index (Phi) is 5.88. The van der Waals surface area contributed by atoms with Crippen LogP contribution >= 0.6 is 0 Å². The maximum atomic E-state index is 14.3. The Labute approximate surface area is 177 Å². The van der Waals surface area contributed by atoms with Crippen molar-refractivity contribution in [3.63, 3.8) is 0 Å². The van der Waals surface area contributed by atoms with Gasteiger partial charge in [0.1, 0.15) is 0 Å². The van der Waals surface area contributed by atoms with Gasteiger partial charge in [0.25, 0.3) is 5.56 Å². The highest BCUT2D eigenvalue weighted by Crippen LogP contribution is 2.23. The molecule has 160 valence electrons. The van der Waals surface area contributed by atoms with Crippen LogP contribution in [0.2, 0.25) is 0 Å². The summed E-state index contributed by atoms with van der Waals surface area (Å²) in [5, 5.41) is 1.72. The van der Waals surface area contributed by atoms with Gasteiger partial charge in [0, 0.05) is 23.9 Å². The molecule has 0 atom stereocenters. The molecule has 0 aromatic carbocycles. The fourth-order valence-electron chi connectivity index (χ4n) is 3.39. The van der Waals surface area contributed by atoms with Crippen LogP contribution in [0.4, 0.5) is 4.39 Å². The van der Waals surface area contributed by atoms with E-state index in [2.05, 4.69) is 19.7 Å². The van der Waals surface area contributed by atoms with Gasteiger partial charge >= 0.3 is 5.97 Å². The van der Waals surface area contributed by atoms with Crippen LogP contribution in [0.15, 0.2) is 41.3 Å². The molecule has 4 heterocycles. The summed E-state index contributed by atoms with van der Waals surface area (Å²) in [6.07, 6.45) is 4.25. The number of aryl methyl sites for hydroxylation is 1. The van der Waals surface area contributed by atoms with Crippen LogP contribution in [0, 0.1) is 5.95 Å². The highest BCUT2D eigenvalue weighted by Gasteiger charge is 2.19. The first kappa shape index (κ1) is 20.8. The zero-order chi connectivity index (χ0) is 22.0. The molecule has 0 saturated heterocycles. The Morgan fingerprint density at radius 1 is 1.35 bits per heavy atom. The Hall–Kier alpha value is -3.43. The Morgan fingerprint density at radius 2 is 2.19 bits per heavy atom. The number of H-pyrrole nitrogens is 1. The molecule has 0 radical (unpaired) electrons. The van der Waals surface area contributed by atoms with Gasteiger partial charge in [-0.25, -0.2) is 9.78 Å². The predicted octanol–water partition coefficient (Wildman–Crippen LogP) is 2.64. The summed E-state index contributed by atoms with van der Waals surface area (Å²) >= 11 is 0. The van der Waals surface area contributed by atoms with Crippen LogP contribution in [0.1, 0.15) is 34.1 Å². The summed E-state index contributed by atoms with van der Waals surface area (Å²) in [6, 6.07) is 6.59. The van der Waals surface area contributed by atoms with E-state index < -0.39 is 11.9 Å². The van der Waals surface area contributed by atoms with E-state index in [-0.39, 0.29) is 23.4 Å².